The molecule has 1 aliphatic rings. The topological polar surface area (TPSA) is 56.3 Å². The van der Waals surface area contributed by atoms with E-state index >= 15 is 0 Å². The van der Waals surface area contributed by atoms with E-state index < -0.39 is 7.12 Å². The molecule has 6 heteroatoms. The van der Waals surface area contributed by atoms with E-state index in [0.717, 1.165) is 18.4 Å². The second-order valence-corrected chi connectivity index (χ2v) is 6.82. The Morgan fingerprint density at radius 1 is 1.14 bits per heavy atom. The third-order valence-electron chi connectivity index (χ3n) is 4.50. The first-order valence-corrected chi connectivity index (χ1v) is 7.66. The molecule has 1 saturated heterocycles. The van der Waals surface area contributed by atoms with E-state index in [2.05, 4.69) is 29.1 Å². The van der Waals surface area contributed by atoms with Crippen LogP contribution in [0.5, 0.6) is 0 Å². The van der Waals surface area contributed by atoms with Crippen molar-refractivity contribution in [3.8, 4) is 0 Å². The van der Waals surface area contributed by atoms with Crippen molar-refractivity contribution in [3.05, 3.63) is 12.4 Å². The maximum atomic E-state index is 5.98. The summed E-state index contributed by atoms with van der Waals surface area (Å²) in [5.41, 5.74) is 0.166. The average molecular weight is 291 g/mol. The summed E-state index contributed by atoms with van der Waals surface area (Å²) >= 11 is 0. The van der Waals surface area contributed by atoms with Crippen LogP contribution < -0.4 is 10.8 Å². The molecule has 1 unspecified atom stereocenters. The zero-order valence-corrected chi connectivity index (χ0v) is 13.9. The molecule has 1 aromatic rings. The Kier molecular flexibility index (Phi) is 4.59. The molecule has 5 nitrogen and oxygen atoms in total. The maximum Gasteiger partial charge on any atom is 0.498 e. The molecule has 21 heavy (non-hydrogen) atoms. The molecule has 0 aromatic carbocycles. The van der Waals surface area contributed by atoms with E-state index in [1.54, 1.807) is 12.4 Å². The van der Waals surface area contributed by atoms with Crippen LogP contribution >= 0.6 is 0 Å². The highest BCUT2D eigenvalue weighted by Crippen LogP contribution is 2.36. The molecular formula is C15H26BN3O2. The second-order valence-electron chi connectivity index (χ2n) is 6.82. The van der Waals surface area contributed by atoms with Crippen LogP contribution in [0.4, 0.5) is 5.95 Å². The largest absolute Gasteiger partial charge is 0.498 e. The smallest absolute Gasteiger partial charge is 0.399 e. The molecule has 2 heterocycles. The van der Waals surface area contributed by atoms with E-state index in [1.165, 1.54) is 0 Å². The van der Waals surface area contributed by atoms with Crippen molar-refractivity contribution in [2.24, 2.45) is 5.92 Å². The van der Waals surface area contributed by atoms with Gasteiger partial charge in [0.15, 0.2) is 0 Å². The number of nitrogens with one attached hydrogen (secondary N) is 1. The van der Waals surface area contributed by atoms with Crippen molar-refractivity contribution >= 4 is 18.5 Å². The van der Waals surface area contributed by atoms with E-state index in [-0.39, 0.29) is 11.2 Å². The van der Waals surface area contributed by atoms with Crippen LogP contribution in [0.2, 0.25) is 0 Å². The predicted octanol–water partition coefficient (Wildman–Crippen LogP) is 2.23. The van der Waals surface area contributed by atoms with E-state index in [4.69, 9.17) is 9.31 Å². The van der Waals surface area contributed by atoms with Crippen LogP contribution in [0.3, 0.4) is 0 Å². The van der Waals surface area contributed by atoms with Crippen molar-refractivity contribution in [3.63, 3.8) is 0 Å². The van der Waals surface area contributed by atoms with E-state index in [9.17, 15) is 0 Å². The van der Waals surface area contributed by atoms with Gasteiger partial charge >= 0.3 is 7.12 Å². The van der Waals surface area contributed by atoms with Crippen molar-refractivity contribution in [2.75, 3.05) is 11.9 Å². The van der Waals surface area contributed by atoms with Crippen molar-refractivity contribution < 1.29 is 9.31 Å². The Hall–Kier alpha value is -1.14. The first-order valence-electron chi connectivity index (χ1n) is 7.66. The Balaban J connectivity index is 2.00. The standard InChI is InChI=1S/C15H26BN3O2/c1-7-11(2)8-17-13-18-9-12(10-19-13)16-20-14(3,4)15(5,6)21-16/h9-11H,7-8H2,1-6H3,(H,17,18,19). The molecule has 116 valence electrons. The van der Waals surface area contributed by atoms with Crippen LogP contribution in [0.25, 0.3) is 0 Å². The summed E-state index contributed by atoms with van der Waals surface area (Å²) < 4.78 is 12.0. The van der Waals surface area contributed by atoms with Gasteiger partial charge in [-0.2, -0.15) is 0 Å². The molecule has 0 amide bonds. The molecule has 1 aromatic heterocycles. The molecule has 1 fully saturated rings. The summed E-state index contributed by atoms with van der Waals surface area (Å²) in [6.07, 6.45) is 4.68. The fourth-order valence-corrected chi connectivity index (χ4v) is 1.94. The molecule has 0 spiro atoms. The molecular weight excluding hydrogens is 265 g/mol. The molecule has 1 aliphatic heterocycles. The number of nitrogens with zero attached hydrogens (tertiary/aromatic N) is 2. The zero-order valence-electron chi connectivity index (χ0n) is 13.9. The van der Waals surface area contributed by atoms with Gasteiger partial charge in [0.1, 0.15) is 0 Å². The minimum atomic E-state index is -0.404. The molecule has 2 rings (SSSR count). The maximum absolute atomic E-state index is 5.98. The van der Waals surface area contributed by atoms with Gasteiger partial charge in [0.25, 0.3) is 0 Å². The number of hydrogen-bond acceptors (Lipinski definition) is 5. The monoisotopic (exact) mass is 291 g/mol. The lowest BCUT2D eigenvalue weighted by Crippen LogP contribution is -2.41. The minimum absolute atomic E-state index is 0.342. The highest BCUT2D eigenvalue weighted by atomic mass is 16.7. The lowest BCUT2D eigenvalue weighted by molar-refractivity contribution is 0.00578. The van der Waals surface area contributed by atoms with Crippen LogP contribution in [0, 0.1) is 5.92 Å². The van der Waals surface area contributed by atoms with Crippen molar-refractivity contribution in [1.82, 2.24) is 9.97 Å². The summed E-state index contributed by atoms with van der Waals surface area (Å²) in [6, 6.07) is 0. The Bertz CT molecular complexity index is 460. The third kappa shape index (κ3) is 3.55. The molecule has 1 atom stereocenters. The van der Waals surface area contributed by atoms with Gasteiger partial charge in [-0.3, -0.25) is 0 Å². The summed E-state index contributed by atoms with van der Waals surface area (Å²) in [6.45, 7) is 13.4. The van der Waals surface area contributed by atoms with Crippen molar-refractivity contribution in [1.29, 1.82) is 0 Å². The number of anilines is 1. The Labute approximate surface area is 128 Å². The normalized spacial score (nSPS) is 21.3. The highest BCUT2D eigenvalue weighted by Gasteiger charge is 2.51. The molecule has 1 N–H and O–H groups in total. The first-order chi connectivity index (χ1) is 9.75. The second kappa shape index (κ2) is 5.93. The summed E-state index contributed by atoms with van der Waals surface area (Å²) in [5.74, 6) is 1.26. The van der Waals surface area contributed by atoms with Gasteiger partial charge in [-0.25, -0.2) is 9.97 Å². The summed E-state index contributed by atoms with van der Waals surface area (Å²) in [4.78, 5) is 8.69. The quantitative estimate of drug-likeness (QED) is 0.843. The van der Waals surface area contributed by atoms with E-state index in [0.29, 0.717) is 11.9 Å². The van der Waals surface area contributed by atoms with Crippen molar-refractivity contribution in [2.45, 2.75) is 59.2 Å². The van der Waals surface area contributed by atoms with Crippen LogP contribution in [-0.4, -0.2) is 34.8 Å². The van der Waals surface area contributed by atoms with Gasteiger partial charge in [0.05, 0.1) is 11.2 Å². The fraction of sp³-hybridized carbons (Fsp3) is 0.733. The third-order valence-corrected chi connectivity index (χ3v) is 4.50. The molecule has 0 radical (unpaired) electrons. The predicted molar refractivity (Wildman–Crippen MR) is 85.7 cm³/mol. The number of rotatable bonds is 5. The minimum Gasteiger partial charge on any atom is -0.399 e. The van der Waals surface area contributed by atoms with Gasteiger partial charge in [-0.05, 0) is 33.6 Å². The summed E-state index contributed by atoms with van der Waals surface area (Å²) in [7, 11) is -0.404. The number of hydrogen-bond donors (Lipinski definition) is 1. The molecule has 0 aliphatic carbocycles. The van der Waals surface area contributed by atoms with Gasteiger partial charge in [0.2, 0.25) is 5.95 Å². The SMILES string of the molecule is CCC(C)CNc1ncc(B2OC(C)(C)C(C)(C)O2)cn1. The number of aromatic nitrogens is 2. The average Bonchev–Trinajstić information content (AvgIpc) is 2.65. The molecule has 0 saturated carbocycles. The van der Waals surface area contributed by atoms with E-state index in [1.807, 2.05) is 27.7 Å². The van der Waals surface area contributed by atoms with Crippen LogP contribution in [0.15, 0.2) is 12.4 Å². The zero-order chi connectivity index (χ0) is 15.7. The summed E-state index contributed by atoms with van der Waals surface area (Å²) in [5, 5.41) is 3.24. The van der Waals surface area contributed by atoms with Gasteiger partial charge in [0, 0.05) is 24.4 Å². The highest BCUT2D eigenvalue weighted by molar-refractivity contribution is 6.61. The first kappa shape index (κ1) is 16.2. The molecule has 0 bridgehead atoms. The Morgan fingerprint density at radius 2 is 1.67 bits per heavy atom. The van der Waals surface area contributed by atoms with Gasteiger partial charge in [-0.1, -0.05) is 20.3 Å². The lowest BCUT2D eigenvalue weighted by atomic mass is 9.81. The fourth-order valence-electron chi connectivity index (χ4n) is 1.94. The Morgan fingerprint density at radius 3 is 2.14 bits per heavy atom. The lowest BCUT2D eigenvalue weighted by Gasteiger charge is -2.32. The van der Waals surface area contributed by atoms with Crippen LogP contribution in [-0.2, 0) is 9.31 Å². The van der Waals surface area contributed by atoms with Gasteiger partial charge in [-0.15, -0.1) is 0 Å². The van der Waals surface area contributed by atoms with Gasteiger partial charge < -0.3 is 14.6 Å². The van der Waals surface area contributed by atoms with Crippen LogP contribution in [0.1, 0.15) is 48.0 Å².